The van der Waals surface area contributed by atoms with Crippen molar-refractivity contribution >= 4 is 0 Å². The van der Waals surface area contributed by atoms with Crippen LogP contribution in [0.15, 0.2) is 59.4 Å². The lowest BCUT2D eigenvalue weighted by Gasteiger charge is -2.20. The molecule has 6 nitrogen and oxygen atoms in total. The van der Waals surface area contributed by atoms with Crippen LogP contribution in [-0.2, 0) is 13.0 Å². The van der Waals surface area contributed by atoms with Crippen molar-refractivity contribution in [1.29, 1.82) is 0 Å². The number of nitrogens with one attached hydrogen (secondary N) is 1. The molecular formula is C27H29NO5. The highest BCUT2D eigenvalue weighted by atomic mass is 16.5. The third-order valence-electron chi connectivity index (χ3n) is 6.12. The summed E-state index contributed by atoms with van der Waals surface area (Å²) in [6, 6.07) is 17.5. The molecule has 1 aliphatic carbocycles. The predicted octanol–water partition coefficient (Wildman–Crippen LogP) is 4.53. The normalized spacial score (nSPS) is 14.5. The quantitative estimate of drug-likeness (QED) is 0.574. The predicted molar refractivity (Wildman–Crippen MR) is 129 cm³/mol. The summed E-state index contributed by atoms with van der Waals surface area (Å²) in [4.78, 5) is 12.9. The Hall–Kier alpha value is -3.51. The van der Waals surface area contributed by atoms with E-state index in [-0.39, 0.29) is 11.5 Å². The zero-order valence-corrected chi connectivity index (χ0v) is 19.4. The average molecular weight is 448 g/mol. The maximum Gasteiger partial charge on any atom is 0.220 e. The maximum absolute atomic E-state index is 12.9. The second-order valence-corrected chi connectivity index (χ2v) is 7.92. The largest absolute Gasteiger partial charge is 0.493 e. The molecule has 1 aliphatic rings. The summed E-state index contributed by atoms with van der Waals surface area (Å²) in [5.74, 6) is 2.04. The third kappa shape index (κ3) is 4.39. The van der Waals surface area contributed by atoms with E-state index in [9.17, 15) is 4.79 Å². The molecule has 3 aromatic rings. The summed E-state index contributed by atoms with van der Waals surface area (Å²) in [6.07, 6.45) is 1.58. The maximum atomic E-state index is 12.9. The fraction of sp³-hybridized carbons (Fsp3) is 0.296. The van der Waals surface area contributed by atoms with Crippen LogP contribution in [0.4, 0.5) is 0 Å². The van der Waals surface area contributed by atoms with E-state index in [4.69, 9.17) is 18.9 Å². The number of hydrogen-bond acceptors (Lipinski definition) is 6. The lowest BCUT2D eigenvalue weighted by Crippen LogP contribution is -2.22. The minimum Gasteiger partial charge on any atom is -0.493 e. The average Bonchev–Trinajstić information content (AvgIpc) is 3.10. The van der Waals surface area contributed by atoms with E-state index in [1.165, 1.54) is 12.7 Å². The molecule has 0 fully saturated rings. The fourth-order valence-electron chi connectivity index (χ4n) is 4.52. The van der Waals surface area contributed by atoms with Crippen LogP contribution >= 0.6 is 0 Å². The van der Waals surface area contributed by atoms with Crippen molar-refractivity contribution in [3.8, 4) is 34.1 Å². The number of ether oxygens (including phenoxy) is 4. The van der Waals surface area contributed by atoms with Gasteiger partial charge in [-0.1, -0.05) is 36.4 Å². The van der Waals surface area contributed by atoms with E-state index in [0.29, 0.717) is 29.5 Å². The molecule has 33 heavy (non-hydrogen) atoms. The molecule has 0 heterocycles. The van der Waals surface area contributed by atoms with E-state index < -0.39 is 0 Å². The van der Waals surface area contributed by atoms with Gasteiger partial charge in [-0.2, -0.15) is 0 Å². The first-order valence-electron chi connectivity index (χ1n) is 10.9. The summed E-state index contributed by atoms with van der Waals surface area (Å²) < 4.78 is 22.4. The monoisotopic (exact) mass is 447 g/mol. The van der Waals surface area contributed by atoms with Gasteiger partial charge < -0.3 is 24.3 Å². The lowest BCUT2D eigenvalue weighted by atomic mass is 9.95. The Labute approximate surface area is 194 Å². The molecule has 0 amide bonds. The van der Waals surface area contributed by atoms with Gasteiger partial charge in [0.05, 0.1) is 28.4 Å². The Morgan fingerprint density at radius 1 is 0.848 bits per heavy atom. The Balaban J connectivity index is 1.92. The first kappa shape index (κ1) is 22.7. The summed E-state index contributed by atoms with van der Waals surface area (Å²) in [5.41, 5.74) is 4.82. The molecule has 1 atom stereocenters. The molecular weight excluding hydrogens is 418 g/mol. The second kappa shape index (κ2) is 9.96. The van der Waals surface area contributed by atoms with E-state index in [1.54, 1.807) is 33.5 Å². The topological polar surface area (TPSA) is 66.0 Å². The smallest absolute Gasteiger partial charge is 0.220 e. The van der Waals surface area contributed by atoms with Crippen LogP contribution in [0.1, 0.15) is 29.2 Å². The van der Waals surface area contributed by atoms with E-state index in [2.05, 4.69) is 17.4 Å². The third-order valence-corrected chi connectivity index (χ3v) is 6.12. The van der Waals surface area contributed by atoms with Crippen molar-refractivity contribution in [3.05, 3.63) is 81.5 Å². The van der Waals surface area contributed by atoms with E-state index >= 15 is 0 Å². The summed E-state index contributed by atoms with van der Waals surface area (Å²) in [7, 11) is 6.34. The number of benzene rings is 2. The number of fused-ring (bicyclic) bond motifs is 3. The van der Waals surface area contributed by atoms with Crippen LogP contribution in [-0.4, -0.2) is 28.4 Å². The van der Waals surface area contributed by atoms with Crippen LogP contribution in [0.25, 0.3) is 11.1 Å². The van der Waals surface area contributed by atoms with Crippen molar-refractivity contribution in [2.24, 2.45) is 0 Å². The number of methoxy groups -OCH3 is 4. The Kier molecular flexibility index (Phi) is 6.84. The molecule has 0 aliphatic heterocycles. The molecule has 1 N–H and O–H groups in total. The van der Waals surface area contributed by atoms with E-state index in [1.807, 2.05) is 30.3 Å². The highest BCUT2D eigenvalue weighted by molar-refractivity contribution is 5.82. The second-order valence-electron chi connectivity index (χ2n) is 7.92. The van der Waals surface area contributed by atoms with E-state index in [0.717, 1.165) is 35.1 Å². The van der Waals surface area contributed by atoms with Crippen LogP contribution < -0.4 is 29.7 Å². The molecule has 3 aromatic carbocycles. The van der Waals surface area contributed by atoms with Gasteiger partial charge in [0.15, 0.2) is 17.2 Å². The zero-order chi connectivity index (χ0) is 23.4. The molecule has 0 radical (unpaired) electrons. The van der Waals surface area contributed by atoms with Crippen molar-refractivity contribution in [1.82, 2.24) is 5.32 Å². The van der Waals surface area contributed by atoms with Crippen LogP contribution in [0.2, 0.25) is 0 Å². The first-order chi connectivity index (χ1) is 16.1. The van der Waals surface area contributed by atoms with Crippen LogP contribution in [0, 0.1) is 0 Å². The van der Waals surface area contributed by atoms with Gasteiger partial charge in [-0.15, -0.1) is 0 Å². The Morgan fingerprint density at radius 2 is 1.58 bits per heavy atom. The SMILES string of the molecule is COc1cc2c(c(OC)c1OC)-c1ccc(OC)c(=O)cc1C(NCc1ccccc1)CC2. The fourth-order valence-corrected chi connectivity index (χ4v) is 4.52. The molecule has 0 aromatic heterocycles. The molecule has 0 saturated carbocycles. The molecule has 4 rings (SSSR count). The van der Waals surface area contributed by atoms with Gasteiger partial charge in [0.1, 0.15) is 0 Å². The van der Waals surface area contributed by atoms with Gasteiger partial charge in [-0.05, 0) is 53.3 Å². The van der Waals surface area contributed by atoms with Gasteiger partial charge in [0.25, 0.3) is 0 Å². The highest BCUT2D eigenvalue weighted by Crippen LogP contribution is 2.50. The van der Waals surface area contributed by atoms with Gasteiger partial charge in [-0.3, -0.25) is 4.79 Å². The summed E-state index contributed by atoms with van der Waals surface area (Å²) in [6.45, 7) is 0.689. The number of rotatable bonds is 7. The van der Waals surface area contributed by atoms with Crippen molar-refractivity contribution in [2.45, 2.75) is 25.4 Å². The molecule has 0 bridgehead atoms. The zero-order valence-electron chi connectivity index (χ0n) is 19.4. The molecule has 172 valence electrons. The molecule has 0 saturated heterocycles. The number of hydrogen-bond donors (Lipinski definition) is 1. The van der Waals surface area contributed by atoms with Gasteiger partial charge in [-0.25, -0.2) is 0 Å². The minimum atomic E-state index is -0.159. The minimum absolute atomic E-state index is 0.0425. The highest BCUT2D eigenvalue weighted by Gasteiger charge is 2.29. The summed E-state index contributed by atoms with van der Waals surface area (Å²) in [5, 5.41) is 3.66. The Morgan fingerprint density at radius 3 is 2.24 bits per heavy atom. The van der Waals surface area contributed by atoms with Gasteiger partial charge in [0, 0.05) is 18.2 Å². The Bertz CT molecular complexity index is 1190. The van der Waals surface area contributed by atoms with Crippen LogP contribution in [0.5, 0.6) is 23.0 Å². The van der Waals surface area contributed by atoms with Gasteiger partial charge >= 0.3 is 0 Å². The van der Waals surface area contributed by atoms with Crippen molar-refractivity contribution < 1.29 is 18.9 Å². The summed E-state index contributed by atoms with van der Waals surface area (Å²) >= 11 is 0. The van der Waals surface area contributed by atoms with Gasteiger partial charge in [0.2, 0.25) is 11.2 Å². The molecule has 1 unspecified atom stereocenters. The molecule has 0 spiro atoms. The van der Waals surface area contributed by atoms with Crippen LogP contribution in [0.3, 0.4) is 0 Å². The number of aryl methyl sites for hydroxylation is 1. The molecule has 6 heteroatoms. The van der Waals surface area contributed by atoms with Crippen molar-refractivity contribution in [3.63, 3.8) is 0 Å². The first-order valence-corrected chi connectivity index (χ1v) is 10.9. The lowest BCUT2D eigenvalue weighted by molar-refractivity contribution is 0.324. The standard InChI is InChI=1S/C27H29NO5/c1-30-23-13-11-19-20(15-22(23)29)21(28-16-17-8-6-5-7-9-17)12-10-18-14-24(31-2)26(32-3)27(33-4)25(18)19/h5-9,11,13-15,21,28H,10,12,16H2,1-4H3. The van der Waals surface area contributed by atoms with Crippen molar-refractivity contribution in [2.75, 3.05) is 28.4 Å².